The van der Waals surface area contributed by atoms with Gasteiger partial charge in [0.2, 0.25) is 5.91 Å². The van der Waals surface area contributed by atoms with Crippen molar-refractivity contribution >= 4 is 57.4 Å². The Labute approximate surface area is 180 Å². The molecular weight excluding hydrogens is 472 g/mol. The van der Waals surface area contributed by atoms with Crippen LogP contribution < -0.4 is 16.6 Å². The molecule has 0 saturated carbocycles. The second kappa shape index (κ2) is 7.93. The van der Waals surface area contributed by atoms with Crippen LogP contribution in [0.15, 0.2) is 33.9 Å². The standard InChI is InChI=1S/C17H10Cl3F3N4O3/c1-26-14-8(2-3-11(24-14)17(21,22)23)15(29)27(16(26)30)6-12(28)25-13-9(19)4-7(18)5-10(13)20/h2-5H,6H2,1H3,(H,25,28). The predicted molar refractivity (Wildman–Crippen MR) is 106 cm³/mol. The topological polar surface area (TPSA) is 86.0 Å². The second-order valence-electron chi connectivity index (χ2n) is 6.09. The summed E-state index contributed by atoms with van der Waals surface area (Å²) in [6, 6.07) is 4.17. The first kappa shape index (κ1) is 22.1. The van der Waals surface area contributed by atoms with Gasteiger partial charge in [0.05, 0.1) is 21.1 Å². The highest BCUT2D eigenvalue weighted by Crippen LogP contribution is 2.33. The molecule has 0 radical (unpaired) electrons. The van der Waals surface area contributed by atoms with Gasteiger partial charge in [0.25, 0.3) is 5.56 Å². The van der Waals surface area contributed by atoms with Crippen molar-refractivity contribution < 1.29 is 18.0 Å². The number of alkyl halides is 3. The van der Waals surface area contributed by atoms with E-state index in [0.29, 0.717) is 10.6 Å². The number of halogens is 6. The summed E-state index contributed by atoms with van der Waals surface area (Å²) in [5, 5.41) is 2.40. The Hall–Kier alpha value is -2.56. The third kappa shape index (κ3) is 4.16. The van der Waals surface area contributed by atoms with E-state index in [1.54, 1.807) is 0 Å². The van der Waals surface area contributed by atoms with Crippen molar-refractivity contribution in [3.05, 3.63) is 65.9 Å². The molecule has 0 aliphatic heterocycles. The van der Waals surface area contributed by atoms with Gasteiger partial charge in [0.15, 0.2) is 0 Å². The van der Waals surface area contributed by atoms with Crippen molar-refractivity contribution in [1.29, 1.82) is 0 Å². The van der Waals surface area contributed by atoms with Crippen LogP contribution in [0.25, 0.3) is 11.0 Å². The highest BCUT2D eigenvalue weighted by Gasteiger charge is 2.33. The first-order valence-corrected chi connectivity index (χ1v) is 9.15. The van der Waals surface area contributed by atoms with Crippen LogP contribution in [0.4, 0.5) is 18.9 Å². The molecule has 0 fully saturated rings. The largest absolute Gasteiger partial charge is 0.433 e. The molecule has 2 aromatic heterocycles. The van der Waals surface area contributed by atoms with E-state index in [-0.39, 0.29) is 26.1 Å². The monoisotopic (exact) mass is 480 g/mol. The van der Waals surface area contributed by atoms with Gasteiger partial charge in [-0.05, 0) is 24.3 Å². The van der Waals surface area contributed by atoms with E-state index in [1.807, 2.05) is 0 Å². The first-order valence-electron chi connectivity index (χ1n) is 8.02. The molecular formula is C17H10Cl3F3N4O3. The van der Waals surface area contributed by atoms with Crippen LogP contribution in [0.5, 0.6) is 0 Å². The minimum Gasteiger partial charge on any atom is -0.322 e. The van der Waals surface area contributed by atoms with E-state index in [9.17, 15) is 27.6 Å². The third-order valence-corrected chi connectivity index (χ3v) is 4.86. The van der Waals surface area contributed by atoms with Crippen LogP contribution in [0.1, 0.15) is 5.69 Å². The number of nitrogens with one attached hydrogen (secondary N) is 1. The van der Waals surface area contributed by atoms with E-state index in [0.717, 1.165) is 17.7 Å². The lowest BCUT2D eigenvalue weighted by Crippen LogP contribution is -2.42. The quantitative estimate of drug-likeness (QED) is 0.618. The summed E-state index contributed by atoms with van der Waals surface area (Å²) in [6.45, 7) is -0.738. The Morgan fingerprint density at radius 2 is 1.73 bits per heavy atom. The Balaban J connectivity index is 2.02. The van der Waals surface area contributed by atoms with Crippen LogP contribution in [-0.4, -0.2) is 20.0 Å². The minimum atomic E-state index is -4.75. The number of anilines is 1. The van der Waals surface area contributed by atoms with Gasteiger partial charge in [-0.3, -0.25) is 18.7 Å². The Kier molecular flexibility index (Phi) is 5.85. The summed E-state index contributed by atoms with van der Waals surface area (Å²) in [6.07, 6.45) is -4.75. The fourth-order valence-electron chi connectivity index (χ4n) is 2.66. The zero-order valence-electron chi connectivity index (χ0n) is 14.9. The van der Waals surface area contributed by atoms with Crippen LogP contribution in [0, 0.1) is 0 Å². The van der Waals surface area contributed by atoms with Gasteiger partial charge in [-0.2, -0.15) is 13.2 Å². The second-order valence-corrected chi connectivity index (χ2v) is 7.34. The lowest BCUT2D eigenvalue weighted by Gasteiger charge is -2.13. The SMILES string of the molecule is Cn1c(=O)n(CC(=O)Nc2c(Cl)cc(Cl)cc2Cl)c(=O)c2ccc(C(F)(F)F)nc21. The molecule has 0 aliphatic carbocycles. The average molecular weight is 482 g/mol. The van der Waals surface area contributed by atoms with E-state index >= 15 is 0 Å². The summed E-state index contributed by atoms with van der Waals surface area (Å²) < 4.78 is 40.0. The van der Waals surface area contributed by atoms with Gasteiger partial charge in [-0.15, -0.1) is 0 Å². The maximum absolute atomic E-state index is 12.9. The van der Waals surface area contributed by atoms with Crippen molar-refractivity contribution in [2.45, 2.75) is 12.7 Å². The molecule has 158 valence electrons. The number of benzene rings is 1. The molecule has 30 heavy (non-hydrogen) atoms. The summed E-state index contributed by atoms with van der Waals surface area (Å²) in [4.78, 5) is 40.8. The first-order chi connectivity index (χ1) is 13.9. The lowest BCUT2D eigenvalue weighted by atomic mass is 10.2. The summed E-state index contributed by atoms with van der Waals surface area (Å²) >= 11 is 17.8. The molecule has 0 spiro atoms. The summed E-state index contributed by atoms with van der Waals surface area (Å²) in [5.41, 5.74) is -3.69. The number of pyridine rings is 1. The molecule has 7 nitrogen and oxygen atoms in total. The molecule has 13 heteroatoms. The Morgan fingerprint density at radius 3 is 2.30 bits per heavy atom. The maximum Gasteiger partial charge on any atom is 0.433 e. The zero-order chi connectivity index (χ0) is 22.4. The number of rotatable bonds is 3. The number of aromatic nitrogens is 3. The highest BCUT2D eigenvalue weighted by atomic mass is 35.5. The minimum absolute atomic E-state index is 0.0230. The van der Waals surface area contributed by atoms with Gasteiger partial charge in [-0.1, -0.05) is 34.8 Å². The zero-order valence-corrected chi connectivity index (χ0v) is 17.1. The molecule has 0 atom stereocenters. The number of carbonyl (C=O) groups is 1. The average Bonchev–Trinajstić information content (AvgIpc) is 2.65. The fourth-order valence-corrected chi connectivity index (χ4v) is 3.57. The van der Waals surface area contributed by atoms with Crippen molar-refractivity contribution in [2.24, 2.45) is 7.05 Å². The van der Waals surface area contributed by atoms with Crippen LogP contribution >= 0.6 is 34.8 Å². The van der Waals surface area contributed by atoms with Crippen LogP contribution in [-0.2, 0) is 24.6 Å². The van der Waals surface area contributed by atoms with Crippen LogP contribution in [0.3, 0.4) is 0 Å². The molecule has 1 N–H and O–H groups in total. The smallest absolute Gasteiger partial charge is 0.322 e. The highest BCUT2D eigenvalue weighted by molar-refractivity contribution is 6.42. The van der Waals surface area contributed by atoms with Crippen LogP contribution in [0.2, 0.25) is 15.1 Å². The molecule has 3 aromatic rings. The Bertz CT molecular complexity index is 1280. The fraction of sp³-hybridized carbons (Fsp3) is 0.176. The number of nitrogens with zero attached hydrogens (tertiary/aromatic N) is 3. The number of carbonyl (C=O) groups excluding carboxylic acids is 1. The summed E-state index contributed by atoms with van der Waals surface area (Å²) in [5.74, 6) is -0.820. The number of hydrogen-bond acceptors (Lipinski definition) is 4. The molecule has 0 unspecified atom stereocenters. The van der Waals surface area contributed by atoms with Crippen molar-refractivity contribution in [1.82, 2.24) is 14.1 Å². The van der Waals surface area contributed by atoms with Crippen molar-refractivity contribution in [2.75, 3.05) is 5.32 Å². The van der Waals surface area contributed by atoms with Gasteiger partial charge in [0.1, 0.15) is 17.9 Å². The Morgan fingerprint density at radius 1 is 1.13 bits per heavy atom. The van der Waals surface area contributed by atoms with Gasteiger partial charge in [-0.25, -0.2) is 9.78 Å². The maximum atomic E-state index is 12.9. The van der Waals surface area contributed by atoms with E-state index in [2.05, 4.69) is 10.3 Å². The lowest BCUT2D eigenvalue weighted by molar-refractivity contribution is -0.141. The molecule has 0 saturated heterocycles. The van der Waals surface area contributed by atoms with E-state index in [4.69, 9.17) is 34.8 Å². The van der Waals surface area contributed by atoms with Crippen molar-refractivity contribution in [3.63, 3.8) is 0 Å². The van der Waals surface area contributed by atoms with Gasteiger partial charge >= 0.3 is 11.9 Å². The number of fused-ring (bicyclic) bond motifs is 1. The van der Waals surface area contributed by atoms with Gasteiger partial charge in [0, 0.05) is 12.1 Å². The molecule has 2 heterocycles. The molecule has 3 rings (SSSR count). The normalized spacial score (nSPS) is 11.7. The number of amides is 1. The molecule has 0 bridgehead atoms. The summed E-state index contributed by atoms with van der Waals surface area (Å²) in [7, 11) is 1.14. The van der Waals surface area contributed by atoms with Crippen molar-refractivity contribution in [3.8, 4) is 0 Å². The van der Waals surface area contributed by atoms with E-state index < -0.39 is 41.2 Å². The molecule has 1 amide bonds. The molecule has 0 aliphatic rings. The number of hydrogen-bond donors (Lipinski definition) is 1. The van der Waals surface area contributed by atoms with E-state index in [1.165, 1.54) is 12.1 Å². The number of aryl methyl sites for hydroxylation is 1. The van der Waals surface area contributed by atoms with Gasteiger partial charge < -0.3 is 5.32 Å². The predicted octanol–water partition coefficient (Wildman–Crippen LogP) is 3.71. The third-order valence-electron chi connectivity index (χ3n) is 4.05. The molecule has 1 aromatic carbocycles.